The predicted molar refractivity (Wildman–Crippen MR) is 189 cm³/mol. The van der Waals surface area contributed by atoms with Crippen LogP contribution < -0.4 is 9.64 Å². The SMILES string of the molecule is COc1nc(N2CCN(C(=O)/C=C/CN3C4CC[C@@H]3COC4)C3(COC3)C2)c2cnc(-c3ccccc3C(F)F)c(F)c2n1.FC1CC2CCCN2C1. The molecule has 8 heterocycles. The van der Waals surface area contributed by atoms with Crippen LogP contribution in [0.1, 0.15) is 44.1 Å². The van der Waals surface area contributed by atoms with Gasteiger partial charge in [-0.3, -0.25) is 19.6 Å². The van der Waals surface area contributed by atoms with E-state index in [-0.39, 0.29) is 34.3 Å². The average Bonchev–Trinajstić information content (AvgIpc) is 3.80. The molecule has 3 aromatic rings. The van der Waals surface area contributed by atoms with Crippen LogP contribution in [0.2, 0.25) is 0 Å². The van der Waals surface area contributed by atoms with Gasteiger partial charge in [0.25, 0.3) is 6.43 Å². The van der Waals surface area contributed by atoms with E-state index in [1.807, 2.05) is 15.9 Å². The number of halogens is 4. The molecule has 0 radical (unpaired) electrons. The number of morpholine rings is 1. The number of aromatic nitrogens is 3. The number of fused-ring (bicyclic) bond motifs is 4. The molecular formula is C38H45F4N7O4. The first-order chi connectivity index (χ1) is 25.7. The molecular weight excluding hydrogens is 694 g/mol. The largest absolute Gasteiger partial charge is 0.467 e. The van der Waals surface area contributed by atoms with E-state index in [4.69, 9.17) is 14.2 Å². The summed E-state index contributed by atoms with van der Waals surface area (Å²) in [4.78, 5) is 35.0. The molecule has 4 atom stereocenters. The zero-order valence-electron chi connectivity index (χ0n) is 29.8. The smallest absolute Gasteiger partial charge is 0.318 e. The van der Waals surface area contributed by atoms with Crippen molar-refractivity contribution < 1.29 is 36.6 Å². The lowest BCUT2D eigenvalue weighted by Gasteiger charge is -2.55. The van der Waals surface area contributed by atoms with E-state index in [0.717, 1.165) is 39.0 Å². The maximum atomic E-state index is 16.0. The molecule has 15 heteroatoms. The third-order valence-corrected chi connectivity index (χ3v) is 11.7. The zero-order chi connectivity index (χ0) is 36.7. The van der Waals surface area contributed by atoms with Gasteiger partial charge in [0.1, 0.15) is 28.7 Å². The topological polar surface area (TPSA) is 96.4 Å². The number of benzene rings is 1. The molecule has 0 N–H and O–H groups in total. The van der Waals surface area contributed by atoms with Crippen LogP contribution in [0, 0.1) is 5.82 Å². The lowest BCUT2D eigenvalue weighted by Crippen LogP contribution is -2.72. The number of piperazine rings is 1. The van der Waals surface area contributed by atoms with Gasteiger partial charge in [-0.15, -0.1) is 0 Å². The summed E-state index contributed by atoms with van der Waals surface area (Å²) in [7, 11) is 1.38. The monoisotopic (exact) mass is 739 g/mol. The summed E-state index contributed by atoms with van der Waals surface area (Å²) in [5, 5.41) is 0.316. The van der Waals surface area contributed by atoms with Crippen molar-refractivity contribution in [2.45, 2.75) is 68.4 Å². The third-order valence-electron chi connectivity index (χ3n) is 11.7. The Morgan fingerprint density at radius 2 is 1.85 bits per heavy atom. The van der Waals surface area contributed by atoms with Gasteiger partial charge in [0.15, 0.2) is 5.82 Å². The Morgan fingerprint density at radius 1 is 1.06 bits per heavy atom. The first-order valence-electron chi connectivity index (χ1n) is 18.5. The van der Waals surface area contributed by atoms with Gasteiger partial charge in [-0.2, -0.15) is 9.97 Å². The highest BCUT2D eigenvalue weighted by Crippen LogP contribution is 2.38. The number of anilines is 1. The quantitative estimate of drug-likeness (QED) is 0.249. The van der Waals surface area contributed by atoms with E-state index in [1.54, 1.807) is 12.1 Å². The molecule has 2 bridgehead atoms. The second-order valence-corrected chi connectivity index (χ2v) is 14.9. The van der Waals surface area contributed by atoms with E-state index in [0.29, 0.717) is 75.3 Å². The van der Waals surface area contributed by atoms with Crippen molar-refractivity contribution in [3.8, 4) is 17.3 Å². The highest BCUT2D eigenvalue weighted by atomic mass is 19.3. The van der Waals surface area contributed by atoms with E-state index in [2.05, 4.69) is 24.8 Å². The van der Waals surface area contributed by atoms with Crippen LogP contribution in [-0.4, -0.2) is 138 Å². The van der Waals surface area contributed by atoms with Crippen LogP contribution >= 0.6 is 0 Å². The zero-order valence-corrected chi connectivity index (χ0v) is 29.8. The second-order valence-electron chi connectivity index (χ2n) is 14.9. The first kappa shape index (κ1) is 36.1. The van der Waals surface area contributed by atoms with Crippen LogP contribution in [0.4, 0.5) is 23.4 Å². The number of nitrogens with zero attached hydrogens (tertiary/aromatic N) is 7. The number of amides is 1. The van der Waals surface area contributed by atoms with Gasteiger partial charge in [0.2, 0.25) is 5.91 Å². The standard InChI is InChI=1S/C31H33F3N6O4.C7H12FN/c1-42-30-36-27-23(13-35-26(25(27)32)21-5-2-3-6-22(21)28(33)34)29(37-30)38-11-12-40(31(16-38)17-44-18-31)24(41)7-4-10-39-19-8-9-20(39)15-43-14-19;8-6-4-7-2-1-3-9(7)5-6/h2-7,13,19-20,28H,8-12,14-18H2,1H3;6-7H,1-5H2/b7-4+;/t19-,20?;/m1./s1. The molecule has 2 aromatic heterocycles. The van der Waals surface area contributed by atoms with Gasteiger partial charge in [-0.1, -0.05) is 30.3 Å². The fourth-order valence-corrected chi connectivity index (χ4v) is 8.93. The summed E-state index contributed by atoms with van der Waals surface area (Å²) >= 11 is 0. The highest BCUT2D eigenvalue weighted by molar-refractivity contribution is 5.93. The van der Waals surface area contributed by atoms with Crippen molar-refractivity contribution in [3.63, 3.8) is 0 Å². The Bertz CT molecular complexity index is 1820. The van der Waals surface area contributed by atoms with Crippen LogP contribution in [0.25, 0.3) is 22.2 Å². The Morgan fingerprint density at radius 3 is 2.57 bits per heavy atom. The van der Waals surface area contributed by atoms with Gasteiger partial charge >= 0.3 is 6.01 Å². The number of rotatable bonds is 7. The van der Waals surface area contributed by atoms with Crippen LogP contribution in [0.5, 0.6) is 6.01 Å². The number of carbonyl (C=O) groups excluding carboxylic acids is 1. The molecule has 6 fully saturated rings. The molecule has 53 heavy (non-hydrogen) atoms. The van der Waals surface area contributed by atoms with Gasteiger partial charge in [0.05, 0.1) is 38.9 Å². The van der Waals surface area contributed by atoms with Crippen molar-refractivity contribution in [3.05, 3.63) is 54.0 Å². The van der Waals surface area contributed by atoms with E-state index >= 15 is 4.39 Å². The molecule has 0 aliphatic carbocycles. The normalized spacial score (nSPS) is 26.7. The molecule has 1 spiro atoms. The molecule has 1 aromatic carbocycles. The van der Waals surface area contributed by atoms with Crippen LogP contribution in [0.15, 0.2) is 42.6 Å². The average molecular weight is 740 g/mol. The lowest BCUT2D eigenvalue weighted by atomic mass is 9.91. The summed E-state index contributed by atoms with van der Waals surface area (Å²) in [6.07, 6.45) is 7.28. The number of hydrogen-bond acceptors (Lipinski definition) is 10. The second kappa shape index (κ2) is 15.1. The third kappa shape index (κ3) is 6.96. The molecule has 9 rings (SSSR count). The Balaban J connectivity index is 0.000000386. The molecule has 11 nitrogen and oxygen atoms in total. The molecule has 6 aliphatic heterocycles. The number of ether oxygens (including phenoxy) is 3. The molecule has 3 unspecified atom stereocenters. The van der Waals surface area contributed by atoms with E-state index < -0.39 is 24.0 Å². The molecule has 6 aliphatic rings. The summed E-state index contributed by atoms with van der Waals surface area (Å²) in [6, 6.07) is 7.06. The number of carbonyl (C=O) groups is 1. The van der Waals surface area contributed by atoms with Crippen molar-refractivity contribution in [2.75, 3.05) is 77.7 Å². The van der Waals surface area contributed by atoms with Crippen LogP contribution in [0.3, 0.4) is 0 Å². The fourth-order valence-electron chi connectivity index (χ4n) is 8.93. The minimum Gasteiger partial charge on any atom is -0.467 e. The minimum atomic E-state index is -2.80. The van der Waals surface area contributed by atoms with Gasteiger partial charge in [-0.25, -0.2) is 17.6 Å². The van der Waals surface area contributed by atoms with Crippen molar-refractivity contribution in [1.82, 2.24) is 29.7 Å². The van der Waals surface area contributed by atoms with Crippen molar-refractivity contribution >= 4 is 22.6 Å². The molecule has 1 amide bonds. The van der Waals surface area contributed by atoms with Crippen molar-refractivity contribution in [2.24, 2.45) is 0 Å². The fraction of sp³-hybridized carbons (Fsp3) is 0.579. The van der Waals surface area contributed by atoms with Crippen LogP contribution in [-0.2, 0) is 14.3 Å². The maximum Gasteiger partial charge on any atom is 0.318 e. The van der Waals surface area contributed by atoms with E-state index in [9.17, 15) is 18.0 Å². The number of hydrogen-bond donors (Lipinski definition) is 0. The first-order valence-corrected chi connectivity index (χ1v) is 18.5. The Kier molecular flexibility index (Phi) is 10.3. The minimum absolute atomic E-state index is 0.00643. The summed E-state index contributed by atoms with van der Waals surface area (Å²) in [6.45, 7) is 5.99. The molecule has 6 saturated heterocycles. The highest BCUT2D eigenvalue weighted by Gasteiger charge is 2.50. The predicted octanol–water partition coefficient (Wildman–Crippen LogP) is 4.81. The Hall–Kier alpha value is -3.92. The van der Waals surface area contributed by atoms with Gasteiger partial charge in [0, 0.05) is 74.2 Å². The van der Waals surface area contributed by atoms with Crippen molar-refractivity contribution in [1.29, 1.82) is 0 Å². The molecule has 0 saturated carbocycles. The lowest BCUT2D eigenvalue weighted by molar-refractivity contribution is -0.164. The summed E-state index contributed by atoms with van der Waals surface area (Å²) < 4.78 is 72.6. The van der Waals surface area contributed by atoms with Gasteiger partial charge < -0.3 is 24.0 Å². The number of alkyl halides is 3. The van der Waals surface area contributed by atoms with E-state index in [1.165, 1.54) is 44.3 Å². The number of pyridine rings is 1. The maximum absolute atomic E-state index is 16.0. The number of methoxy groups -OCH3 is 1. The summed E-state index contributed by atoms with van der Waals surface area (Å²) in [5.74, 6) is -0.524. The summed E-state index contributed by atoms with van der Waals surface area (Å²) in [5.41, 5.74) is -1.22. The Labute approximate surface area is 305 Å². The van der Waals surface area contributed by atoms with Gasteiger partial charge in [-0.05, 0) is 38.6 Å². The molecule has 284 valence electrons.